The van der Waals surface area contributed by atoms with Gasteiger partial charge in [-0.3, -0.25) is 18.7 Å². The van der Waals surface area contributed by atoms with E-state index in [4.69, 9.17) is 9.47 Å². The molecule has 2 aliphatic rings. The summed E-state index contributed by atoms with van der Waals surface area (Å²) in [5, 5.41) is 1.76. The summed E-state index contributed by atoms with van der Waals surface area (Å²) in [4.78, 5) is 37.6. The van der Waals surface area contributed by atoms with Crippen LogP contribution in [-0.4, -0.2) is 57.8 Å². The van der Waals surface area contributed by atoms with Crippen LogP contribution in [0, 0.1) is 0 Å². The Bertz CT molecular complexity index is 807. The molecule has 0 aliphatic carbocycles. The molecule has 1 N–H and O–H groups in total. The van der Waals surface area contributed by atoms with Crippen molar-refractivity contribution >= 4 is 28.6 Å². The summed E-state index contributed by atoms with van der Waals surface area (Å²) < 4.78 is 22.4. The molecule has 2 unspecified atom stereocenters. The van der Waals surface area contributed by atoms with Gasteiger partial charge in [-0.05, 0) is 24.6 Å². The Morgan fingerprint density at radius 3 is 2.65 bits per heavy atom. The first kappa shape index (κ1) is 18.1. The van der Waals surface area contributed by atoms with E-state index in [1.165, 1.54) is 7.11 Å². The lowest BCUT2D eigenvalue weighted by Crippen LogP contribution is -2.73. The molecule has 0 aromatic heterocycles. The number of benzene rings is 1. The zero-order chi connectivity index (χ0) is 18.8. The van der Waals surface area contributed by atoms with E-state index in [1.807, 2.05) is 6.07 Å². The van der Waals surface area contributed by atoms with E-state index in [0.717, 1.165) is 4.90 Å². The molecule has 1 saturated heterocycles. The molecule has 1 fully saturated rings. The Labute approximate surface area is 152 Å². The van der Waals surface area contributed by atoms with Gasteiger partial charge in [0, 0.05) is 5.75 Å². The van der Waals surface area contributed by atoms with Crippen LogP contribution in [0.5, 0.6) is 5.75 Å². The number of carbonyl (C=O) groups excluding carboxylic acids is 3. The normalized spacial score (nSPS) is 24.5. The minimum atomic E-state index is -1.42. The fourth-order valence-corrected chi connectivity index (χ4v) is 4.59. The van der Waals surface area contributed by atoms with Gasteiger partial charge in [-0.25, -0.2) is 4.79 Å². The predicted molar refractivity (Wildman–Crippen MR) is 92.2 cm³/mol. The van der Waals surface area contributed by atoms with Crippen molar-refractivity contribution < 1.29 is 28.1 Å². The molecule has 9 heteroatoms. The number of amides is 2. The van der Waals surface area contributed by atoms with E-state index >= 15 is 0 Å². The maximum Gasteiger partial charge on any atom is 0.354 e. The van der Waals surface area contributed by atoms with Crippen LogP contribution < -0.4 is 10.1 Å². The number of esters is 1. The molecule has 3 atom stereocenters. The largest absolute Gasteiger partial charge is 0.484 e. The molecule has 2 heterocycles. The summed E-state index contributed by atoms with van der Waals surface area (Å²) in [7, 11) is -0.205. The Morgan fingerprint density at radius 1 is 1.31 bits per heavy atom. The highest BCUT2D eigenvalue weighted by Crippen LogP contribution is 2.35. The van der Waals surface area contributed by atoms with Crippen molar-refractivity contribution in [1.82, 2.24) is 10.2 Å². The fraction of sp³-hybridized carbons (Fsp3) is 0.353. The summed E-state index contributed by atoms with van der Waals surface area (Å²) in [6, 6.07) is 7.83. The molecule has 26 heavy (non-hydrogen) atoms. The number of rotatable bonds is 5. The van der Waals surface area contributed by atoms with Crippen LogP contribution in [0.3, 0.4) is 0 Å². The summed E-state index contributed by atoms with van der Waals surface area (Å²) in [6.45, 7) is 1.36. The molecule has 0 bridgehead atoms. The van der Waals surface area contributed by atoms with Crippen LogP contribution in [0.2, 0.25) is 0 Å². The third-order valence-electron chi connectivity index (χ3n) is 4.12. The van der Waals surface area contributed by atoms with Crippen molar-refractivity contribution in [1.29, 1.82) is 0 Å². The van der Waals surface area contributed by atoms with Gasteiger partial charge in [-0.2, -0.15) is 0 Å². The SMILES string of the molecule is COC(=O)C1=C(C)CS(=O)[C@H]2C(NC(=O)COc3ccccc3)C(=O)N12. The highest BCUT2D eigenvalue weighted by atomic mass is 32.2. The molecular formula is C17H18N2O6S. The molecule has 3 rings (SSSR count). The van der Waals surface area contributed by atoms with Gasteiger partial charge >= 0.3 is 5.97 Å². The van der Waals surface area contributed by atoms with E-state index in [0.29, 0.717) is 11.3 Å². The Morgan fingerprint density at radius 2 is 2.00 bits per heavy atom. The third-order valence-corrected chi connectivity index (χ3v) is 5.86. The minimum absolute atomic E-state index is 0.105. The summed E-state index contributed by atoms with van der Waals surface area (Å²) >= 11 is 0. The standard InChI is InChI=1S/C17H18N2O6S/c1-10-9-26(23)16-13(15(21)19(16)14(10)17(22)24-2)18-12(20)8-25-11-6-4-3-5-7-11/h3-7,13,16H,8-9H2,1-2H3,(H,18,20)/t13?,16-,26?/m0/s1. The minimum Gasteiger partial charge on any atom is -0.484 e. The number of fused-ring (bicyclic) bond motifs is 1. The number of hydrogen-bond donors (Lipinski definition) is 1. The molecule has 0 spiro atoms. The molecule has 2 aliphatic heterocycles. The highest BCUT2D eigenvalue weighted by Gasteiger charge is 2.56. The van der Waals surface area contributed by atoms with Gasteiger partial charge in [-0.15, -0.1) is 0 Å². The molecule has 138 valence electrons. The predicted octanol–water partition coefficient (Wildman–Crippen LogP) is -0.0722. The Balaban J connectivity index is 1.66. The number of carbonyl (C=O) groups is 3. The maximum absolute atomic E-state index is 12.4. The second-order valence-corrected chi connectivity index (χ2v) is 7.42. The molecule has 2 amide bonds. The number of nitrogens with one attached hydrogen (secondary N) is 1. The van der Waals surface area contributed by atoms with Crippen molar-refractivity contribution in [2.45, 2.75) is 18.3 Å². The summed E-state index contributed by atoms with van der Waals surface area (Å²) in [5.74, 6) is -0.983. The first-order valence-corrected chi connectivity index (χ1v) is 9.27. The number of para-hydroxylation sites is 1. The summed E-state index contributed by atoms with van der Waals surface area (Å²) in [5.41, 5.74) is 0.630. The van der Waals surface area contributed by atoms with Crippen LogP contribution in [0.25, 0.3) is 0 Å². The van der Waals surface area contributed by atoms with Crippen molar-refractivity contribution in [2.24, 2.45) is 0 Å². The quantitative estimate of drug-likeness (QED) is 0.568. The average Bonchev–Trinajstić information content (AvgIpc) is 2.64. The topological polar surface area (TPSA) is 102 Å². The second-order valence-electron chi connectivity index (χ2n) is 5.89. The zero-order valence-electron chi connectivity index (χ0n) is 14.3. The highest BCUT2D eigenvalue weighted by molar-refractivity contribution is 7.86. The Kier molecular flexibility index (Phi) is 5.08. The van der Waals surface area contributed by atoms with Crippen LogP contribution in [0.4, 0.5) is 0 Å². The van der Waals surface area contributed by atoms with Gasteiger partial charge in [0.1, 0.15) is 22.9 Å². The van der Waals surface area contributed by atoms with E-state index in [2.05, 4.69) is 5.32 Å². The number of nitrogens with zero attached hydrogens (tertiary/aromatic N) is 1. The zero-order valence-corrected chi connectivity index (χ0v) is 15.1. The van der Waals surface area contributed by atoms with Crippen molar-refractivity contribution in [3.63, 3.8) is 0 Å². The smallest absolute Gasteiger partial charge is 0.354 e. The van der Waals surface area contributed by atoms with Gasteiger partial charge in [0.15, 0.2) is 6.61 Å². The first-order chi connectivity index (χ1) is 12.4. The monoisotopic (exact) mass is 378 g/mol. The van der Waals surface area contributed by atoms with Crippen molar-refractivity contribution in [3.05, 3.63) is 41.6 Å². The lowest BCUT2D eigenvalue weighted by molar-refractivity contribution is -0.152. The van der Waals surface area contributed by atoms with Gasteiger partial charge in [0.25, 0.3) is 11.8 Å². The lowest BCUT2D eigenvalue weighted by Gasteiger charge is -2.49. The number of ether oxygens (including phenoxy) is 2. The molecule has 1 aromatic rings. The second kappa shape index (κ2) is 7.28. The van der Waals surface area contributed by atoms with E-state index in [1.54, 1.807) is 31.2 Å². The van der Waals surface area contributed by atoms with Crippen LogP contribution in [0.1, 0.15) is 6.92 Å². The van der Waals surface area contributed by atoms with Crippen LogP contribution >= 0.6 is 0 Å². The molecule has 8 nitrogen and oxygen atoms in total. The molecule has 0 saturated carbocycles. The lowest BCUT2D eigenvalue weighted by atomic mass is 10.0. The molecule has 1 aromatic carbocycles. The van der Waals surface area contributed by atoms with E-state index in [-0.39, 0.29) is 18.1 Å². The van der Waals surface area contributed by atoms with Gasteiger partial charge in [0.2, 0.25) is 0 Å². The molecule has 0 radical (unpaired) electrons. The average molecular weight is 378 g/mol. The first-order valence-electron chi connectivity index (χ1n) is 7.89. The van der Waals surface area contributed by atoms with E-state index in [9.17, 15) is 18.6 Å². The van der Waals surface area contributed by atoms with Crippen LogP contribution in [-0.2, 0) is 29.9 Å². The Hall–Kier alpha value is -2.68. The fourth-order valence-electron chi connectivity index (χ4n) is 2.93. The number of β-lactam (4-membered cyclic amide) rings is 1. The maximum atomic E-state index is 12.4. The van der Waals surface area contributed by atoms with E-state index < -0.39 is 40.0 Å². The van der Waals surface area contributed by atoms with Gasteiger partial charge in [0.05, 0.1) is 17.9 Å². The van der Waals surface area contributed by atoms with Crippen molar-refractivity contribution in [3.8, 4) is 5.75 Å². The van der Waals surface area contributed by atoms with Crippen LogP contribution in [0.15, 0.2) is 41.6 Å². The summed E-state index contributed by atoms with van der Waals surface area (Å²) in [6.07, 6.45) is 0. The number of methoxy groups -OCH3 is 1. The molecular weight excluding hydrogens is 360 g/mol. The number of hydrogen-bond acceptors (Lipinski definition) is 6. The van der Waals surface area contributed by atoms with Crippen molar-refractivity contribution in [2.75, 3.05) is 19.5 Å². The third kappa shape index (κ3) is 3.22. The van der Waals surface area contributed by atoms with Gasteiger partial charge < -0.3 is 14.8 Å². The van der Waals surface area contributed by atoms with Gasteiger partial charge in [-0.1, -0.05) is 18.2 Å².